The quantitative estimate of drug-likeness (QED) is 0.839. The molecule has 118 valence electrons. The molecule has 1 aliphatic heterocycles. The molecule has 1 aromatic rings. The van der Waals surface area contributed by atoms with Crippen molar-refractivity contribution in [2.45, 2.75) is 32.4 Å². The zero-order valence-corrected chi connectivity index (χ0v) is 13.9. The molecule has 21 heavy (non-hydrogen) atoms. The Morgan fingerprint density at radius 1 is 1.24 bits per heavy atom. The topological polar surface area (TPSA) is 33.7 Å². The highest BCUT2D eigenvalue weighted by molar-refractivity contribution is 6.32. The predicted octanol–water partition coefficient (Wildman–Crippen LogP) is 2.93. The molecule has 0 amide bonds. The Bertz CT molecular complexity index is 462. The summed E-state index contributed by atoms with van der Waals surface area (Å²) in [6.07, 6.45) is 2.66. The molecule has 0 saturated carbocycles. The van der Waals surface area contributed by atoms with Crippen molar-refractivity contribution in [1.82, 2.24) is 10.2 Å². The van der Waals surface area contributed by atoms with Crippen molar-refractivity contribution in [2.75, 3.05) is 33.9 Å². The Morgan fingerprint density at radius 2 is 1.95 bits per heavy atom. The SMILES string of the molecule is COc1cc(CNC(C)CN2CCCC2)cc(Cl)c1OC. The third kappa shape index (κ3) is 4.50. The highest BCUT2D eigenvalue weighted by atomic mass is 35.5. The number of likely N-dealkylation sites (tertiary alicyclic amines) is 1. The van der Waals surface area contributed by atoms with Gasteiger partial charge >= 0.3 is 0 Å². The molecule has 1 fully saturated rings. The minimum Gasteiger partial charge on any atom is -0.493 e. The van der Waals surface area contributed by atoms with E-state index >= 15 is 0 Å². The zero-order valence-electron chi connectivity index (χ0n) is 13.1. The normalized spacial score (nSPS) is 17.0. The maximum absolute atomic E-state index is 6.23. The van der Waals surface area contributed by atoms with Crippen molar-refractivity contribution in [3.05, 3.63) is 22.7 Å². The second-order valence-corrected chi connectivity index (χ2v) is 6.01. The maximum Gasteiger partial charge on any atom is 0.179 e. The lowest BCUT2D eigenvalue weighted by Crippen LogP contribution is -2.37. The van der Waals surface area contributed by atoms with Crippen LogP contribution in [0.3, 0.4) is 0 Å². The highest BCUT2D eigenvalue weighted by Gasteiger charge is 2.15. The van der Waals surface area contributed by atoms with Crippen LogP contribution < -0.4 is 14.8 Å². The number of hydrogen-bond acceptors (Lipinski definition) is 4. The van der Waals surface area contributed by atoms with Gasteiger partial charge in [-0.25, -0.2) is 0 Å². The smallest absolute Gasteiger partial charge is 0.179 e. The fourth-order valence-electron chi connectivity index (χ4n) is 2.78. The molecule has 4 nitrogen and oxygen atoms in total. The molecule has 0 radical (unpaired) electrons. The van der Waals surface area contributed by atoms with Gasteiger partial charge in [0, 0.05) is 19.1 Å². The van der Waals surface area contributed by atoms with Crippen molar-refractivity contribution in [2.24, 2.45) is 0 Å². The minimum absolute atomic E-state index is 0.454. The Hall–Kier alpha value is -0.970. The van der Waals surface area contributed by atoms with Crippen molar-refractivity contribution in [1.29, 1.82) is 0 Å². The van der Waals surface area contributed by atoms with Crippen LogP contribution in [0.25, 0.3) is 0 Å². The molecular weight excluding hydrogens is 288 g/mol. The molecule has 1 N–H and O–H groups in total. The molecule has 1 aliphatic rings. The van der Waals surface area contributed by atoms with E-state index in [0.29, 0.717) is 22.6 Å². The molecule has 1 saturated heterocycles. The number of nitrogens with one attached hydrogen (secondary N) is 1. The number of nitrogens with zero attached hydrogens (tertiary/aromatic N) is 1. The fraction of sp³-hybridized carbons (Fsp3) is 0.625. The van der Waals surface area contributed by atoms with Crippen LogP contribution in [0.5, 0.6) is 11.5 Å². The van der Waals surface area contributed by atoms with E-state index in [1.807, 2.05) is 12.1 Å². The Morgan fingerprint density at radius 3 is 2.57 bits per heavy atom. The van der Waals surface area contributed by atoms with E-state index in [1.54, 1.807) is 14.2 Å². The van der Waals surface area contributed by atoms with Crippen molar-refractivity contribution >= 4 is 11.6 Å². The standard InChI is InChI=1S/C16H25ClN2O2/c1-12(11-19-6-4-5-7-19)18-10-13-8-14(17)16(21-3)15(9-13)20-2/h8-9,12,18H,4-7,10-11H2,1-3H3. The van der Waals surface area contributed by atoms with E-state index < -0.39 is 0 Å². The van der Waals surface area contributed by atoms with Crippen LogP contribution in [-0.2, 0) is 6.54 Å². The first-order valence-corrected chi connectivity index (χ1v) is 7.88. The first-order chi connectivity index (χ1) is 10.1. The molecule has 2 rings (SSSR count). The van der Waals surface area contributed by atoms with Crippen LogP contribution in [0.15, 0.2) is 12.1 Å². The molecule has 1 atom stereocenters. The van der Waals surface area contributed by atoms with Crippen molar-refractivity contribution in [3.8, 4) is 11.5 Å². The predicted molar refractivity (Wildman–Crippen MR) is 86.5 cm³/mol. The summed E-state index contributed by atoms with van der Waals surface area (Å²) < 4.78 is 10.6. The summed E-state index contributed by atoms with van der Waals surface area (Å²) in [5.41, 5.74) is 1.10. The lowest BCUT2D eigenvalue weighted by atomic mass is 10.2. The van der Waals surface area contributed by atoms with Gasteiger partial charge in [0.2, 0.25) is 0 Å². The van der Waals surface area contributed by atoms with Gasteiger partial charge in [-0.1, -0.05) is 11.6 Å². The lowest BCUT2D eigenvalue weighted by Gasteiger charge is -2.21. The number of ether oxygens (including phenoxy) is 2. The van der Waals surface area contributed by atoms with Crippen LogP contribution in [0.1, 0.15) is 25.3 Å². The highest BCUT2D eigenvalue weighted by Crippen LogP contribution is 2.35. The van der Waals surface area contributed by atoms with E-state index in [0.717, 1.165) is 18.7 Å². The van der Waals surface area contributed by atoms with Crippen LogP contribution >= 0.6 is 11.6 Å². The van der Waals surface area contributed by atoms with Crippen LogP contribution in [-0.4, -0.2) is 44.8 Å². The largest absolute Gasteiger partial charge is 0.493 e. The van der Waals surface area contributed by atoms with E-state index in [1.165, 1.54) is 25.9 Å². The van der Waals surface area contributed by atoms with E-state index in [9.17, 15) is 0 Å². The Labute approximate surface area is 132 Å². The summed E-state index contributed by atoms with van der Waals surface area (Å²) in [7, 11) is 3.22. The molecule has 1 aromatic carbocycles. The fourth-order valence-corrected chi connectivity index (χ4v) is 3.09. The Kier molecular flexibility index (Phi) is 6.15. The molecular formula is C16H25ClN2O2. The second kappa shape index (κ2) is 7.87. The maximum atomic E-state index is 6.23. The van der Waals surface area contributed by atoms with Gasteiger partial charge in [0.1, 0.15) is 0 Å². The summed E-state index contributed by atoms with van der Waals surface area (Å²) >= 11 is 6.23. The molecule has 0 spiro atoms. The van der Waals surface area contributed by atoms with Crippen LogP contribution in [0.2, 0.25) is 5.02 Å². The molecule has 5 heteroatoms. The number of rotatable bonds is 7. The average molecular weight is 313 g/mol. The third-order valence-electron chi connectivity index (χ3n) is 3.88. The van der Waals surface area contributed by atoms with E-state index in [2.05, 4.69) is 17.1 Å². The van der Waals surface area contributed by atoms with Gasteiger partial charge < -0.3 is 19.7 Å². The first kappa shape index (κ1) is 16.4. The molecule has 1 heterocycles. The van der Waals surface area contributed by atoms with Gasteiger partial charge in [-0.2, -0.15) is 0 Å². The second-order valence-electron chi connectivity index (χ2n) is 5.60. The number of halogens is 1. The number of benzene rings is 1. The number of methoxy groups -OCH3 is 2. The summed E-state index contributed by atoms with van der Waals surface area (Å²) in [6.45, 7) is 6.55. The van der Waals surface area contributed by atoms with Gasteiger partial charge in [-0.15, -0.1) is 0 Å². The lowest BCUT2D eigenvalue weighted by molar-refractivity contribution is 0.298. The molecule has 0 aliphatic carbocycles. The molecule has 0 bridgehead atoms. The van der Waals surface area contributed by atoms with Crippen LogP contribution in [0.4, 0.5) is 0 Å². The zero-order chi connectivity index (χ0) is 15.2. The van der Waals surface area contributed by atoms with Crippen LogP contribution in [0, 0.1) is 0 Å². The average Bonchev–Trinajstić information content (AvgIpc) is 2.97. The van der Waals surface area contributed by atoms with Crippen molar-refractivity contribution in [3.63, 3.8) is 0 Å². The molecule has 1 unspecified atom stereocenters. The van der Waals surface area contributed by atoms with Gasteiger partial charge in [-0.05, 0) is 50.6 Å². The third-order valence-corrected chi connectivity index (χ3v) is 4.16. The minimum atomic E-state index is 0.454. The summed E-state index contributed by atoms with van der Waals surface area (Å²) in [5.74, 6) is 1.27. The monoisotopic (exact) mass is 312 g/mol. The van der Waals surface area contributed by atoms with Gasteiger partial charge in [-0.3, -0.25) is 0 Å². The summed E-state index contributed by atoms with van der Waals surface area (Å²) in [5, 5.41) is 4.13. The van der Waals surface area contributed by atoms with Gasteiger partial charge in [0.25, 0.3) is 0 Å². The molecule has 0 aromatic heterocycles. The Balaban J connectivity index is 1.91. The van der Waals surface area contributed by atoms with E-state index in [4.69, 9.17) is 21.1 Å². The van der Waals surface area contributed by atoms with Crippen molar-refractivity contribution < 1.29 is 9.47 Å². The first-order valence-electron chi connectivity index (χ1n) is 7.50. The number of hydrogen-bond donors (Lipinski definition) is 1. The summed E-state index contributed by atoms with van der Waals surface area (Å²) in [6, 6.07) is 4.36. The van der Waals surface area contributed by atoms with Gasteiger partial charge in [0.15, 0.2) is 11.5 Å². The van der Waals surface area contributed by atoms with Gasteiger partial charge in [0.05, 0.1) is 19.2 Å². The van der Waals surface area contributed by atoms with E-state index in [-0.39, 0.29) is 0 Å². The summed E-state index contributed by atoms with van der Waals surface area (Å²) in [4.78, 5) is 2.51.